The minimum absolute atomic E-state index is 0.296. The number of rotatable bonds is 5. The molecule has 0 aromatic rings. The molecule has 0 aromatic heterocycles. The van der Waals surface area contributed by atoms with E-state index in [2.05, 4.69) is 10.0 Å². The number of carbonyl (C=O) groups excluding carboxylic acids is 3. The molecule has 1 rings (SSSR count). The van der Waals surface area contributed by atoms with E-state index < -0.39 is 48.6 Å². The molecule has 1 aliphatic rings. The van der Waals surface area contributed by atoms with Gasteiger partial charge in [0.25, 0.3) is 0 Å². The van der Waals surface area contributed by atoms with Crippen LogP contribution < -0.4 is 0 Å². The summed E-state index contributed by atoms with van der Waals surface area (Å²) in [6.07, 6.45) is -6.68. The van der Waals surface area contributed by atoms with Crippen LogP contribution in [0.3, 0.4) is 0 Å². The molecule has 0 radical (unpaired) electrons. The molecule has 128 valence electrons. The molecule has 1 N–H and O–H groups in total. The second-order valence-corrected chi connectivity index (χ2v) is 4.70. The summed E-state index contributed by atoms with van der Waals surface area (Å²) < 4.78 is 20.1. The van der Waals surface area contributed by atoms with Crippen molar-refractivity contribution in [2.24, 2.45) is 5.11 Å². The molecule has 1 fully saturated rings. The summed E-state index contributed by atoms with van der Waals surface area (Å²) in [5, 5.41) is 13.2. The molecular weight excluding hydrogens is 314 g/mol. The molecule has 0 aromatic carbocycles. The molecule has 1 aliphatic heterocycles. The van der Waals surface area contributed by atoms with E-state index in [0.29, 0.717) is 0 Å². The van der Waals surface area contributed by atoms with Crippen molar-refractivity contribution < 1.29 is 38.4 Å². The molecular formula is C12H17N3O8. The van der Waals surface area contributed by atoms with E-state index in [1.807, 2.05) is 0 Å². The predicted octanol–water partition coefficient (Wildman–Crippen LogP) is -0.191. The third-order valence-electron chi connectivity index (χ3n) is 2.84. The van der Waals surface area contributed by atoms with E-state index in [4.69, 9.17) is 24.5 Å². The first-order chi connectivity index (χ1) is 10.8. The first-order valence-electron chi connectivity index (χ1n) is 6.62. The smallest absolute Gasteiger partial charge is 0.303 e. The van der Waals surface area contributed by atoms with Gasteiger partial charge in [-0.2, -0.15) is 0 Å². The summed E-state index contributed by atoms with van der Waals surface area (Å²) in [6.45, 7) is 3.00. The van der Waals surface area contributed by atoms with Crippen molar-refractivity contribution >= 4 is 17.9 Å². The third-order valence-corrected chi connectivity index (χ3v) is 2.84. The number of hydrogen-bond acceptors (Lipinski definition) is 9. The Hall–Kier alpha value is -2.36. The predicted molar refractivity (Wildman–Crippen MR) is 71.6 cm³/mol. The minimum atomic E-state index is -1.66. The number of aliphatic hydroxyl groups excluding tert-OH is 1. The van der Waals surface area contributed by atoms with Crippen LogP contribution >= 0.6 is 0 Å². The summed E-state index contributed by atoms with van der Waals surface area (Å²) in [4.78, 5) is 36.3. The Morgan fingerprint density at radius 2 is 1.52 bits per heavy atom. The van der Waals surface area contributed by atoms with Crippen molar-refractivity contribution in [2.75, 3.05) is 6.54 Å². The summed E-state index contributed by atoms with van der Waals surface area (Å²) >= 11 is 0. The largest absolute Gasteiger partial charge is 0.456 e. The highest BCUT2D eigenvalue weighted by Gasteiger charge is 2.51. The third kappa shape index (κ3) is 5.40. The fourth-order valence-electron chi connectivity index (χ4n) is 2.14. The van der Waals surface area contributed by atoms with Gasteiger partial charge in [-0.1, -0.05) is 5.11 Å². The second-order valence-electron chi connectivity index (χ2n) is 4.70. The van der Waals surface area contributed by atoms with Crippen LogP contribution in [-0.4, -0.2) is 60.3 Å². The van der Waals surface area contributed by atoms with Crippen molar-refractivity contribution in [3.8, 4) is 0 Å². The lowest BCUT2D eigenvalue weighted by molar-refractivity contribution is -0.289. The van der Waals surface area contributed by atoms with Crippen LogP contribution in [0.25, 0.3) is 10.4 Å². The van der Waals surface area contributed by atoms with E-state index in [1.165, 1.54) is 0 Å². The second kappa shape index (κ2) is 8.32. The van der Waals surface area contributed by atoms with E-state index in [1.54, 1.807) is 0 Å². The Morgan fingerprint density at radius 1 is 1.04 bits per heavy atom. The van der Waals surface area contributed by atoms with Crippen LogP contribution in [0, 0.1) is 0 Å². The number of ether oxygens (including phenoxy) is 4. The maximum atomic E-state index is 11.3. The zero-order chi connectivity index (χ0) is 17.6. The number of aliphatic hydroxyl groups is 1. The van der Waals surface area contributed by atoms with Gasteiger partial charge >= 0.3 is 17.9 Å². The average molecular weight is 331 g/mol. The summed E-state index contributed by atoms with van der Waals surface area (Å²) in [7, 11) is 0. The van der Waals surface area contributed by atoms with Gasteiger partial charge in [-0.25, -0.2) is 0 Å². The summed E-state index contributed by atoms with van der Waals surface area (Å²) in [6, 6.07) is 0. The topological polar surface area (TPSA) is 157 Å². The Labute approximate surface area is 131 Å². The number of esters is 3. The maximum absolute atomic E-state index is 11.3. The van der Waals surface area contributed by atoms with Crippen LogP contribution in [0.15, 0.2) is 5.11 Å². The van der Waals surface area contributed by atoms with Gasteiger partial charge in [-0.3, -0.25) is 14.4 Å². The molecule has 0 saturated carbocycles. The van der Waals surface area contributed by atoms with Crippen LogP contribution in [-0.2, 0) is 33.3 Å². The molecule has 0 spiro atoms. The normalized spacial score (nSPS) is 29.8. The van der Waals surface area contributed by atoms with Crippen LogP contribution in [0.5, 0.6) is 0 Å². The Kier molecular flexibility index (Phi) is 6.76. The lowest BCUT2D eigenvalue weighted by Gasteiger charge is -2.42. The molecule has 0 amide bonds. The van der Waals surface area contributed by atoms with Crippen molar-refractivity contribution in [2.45, 2.75) is 51.5 Å². The zero-order valence-corrected chi connectivity index (χ0v) is 12.7. The van der Waals surface area contributed by atoms with Gasteiger partial charge in [0.05, 0.1) is 6.54 Å². The lowest BCUT2D eigenvalue weighted by atomic mass is 9.98. The number of hydrogen-bond donors (Lipinski definition) is 1. The molecule has 11 nitrogen and oxygen atoms in total. The average Bonchev–Trinajstić information content (AvgIpc) is 2.42. The van der Waals surface area contributed by atoms with Crippen LogP contribution in [0.4, 0.5) is 0 Å². The van der Waals surface area contributed by atoms with Crippen molar-refractivity contribution in [1.82, 2.24) is 0 Å². The fourth-order valence-corrected chi connectivity index (χ4v) is 2.14. The van der Waals surface area contributed by atoms with E-state index in [0.717, 1.165) is 20.8 Å². The van der Waals surface area contributed by atoms with Gasteiger partial charge in [0.15, 0.2) is 24.6 Å². The van der Waals surface area contributed by atoms with Crippen molar-refractivity contribution in [1.29, 1.82) is 0 Å². The summed E-state index contributed by atoms with van der Waals surface area (Å²) in [5.74, 6) is -2.23. The van der Waals surface area contributed by atoms with Gasteiger partial charge in [-0.05, 0) is 5.53 Å². The Bertz CT molecular complexity index is 518. The van der Waals surface area contributed by atoms with Crippen LogP contribution in [0.1, 0.15) is 20.8 Å². The molecule has 0 bridgehead atoms. The highest BCUT2D eigenvalue weighted by atomic mass is 16.7. The molecule has 1 heterocycles. The number of azide groups is 1. The highest BCUT2D eigenvalue weighted by molar-refractivity contribution is 5.68. The molecule has 11 heteroatoms. The maximum Gasteiger partial charge on any atom is 0.303 e. The van der Waals surface area contributed by atoms with E-state index in [9.17, 15) is 19.5 Å². The van der Waals surface area contributed by atoms with Crippen LogP contribution in [0.2, 0.25) is 0 Å². The van der Waals surface area contributed by atoms with Crippen molar-refractivity contribution in [3.63, 3.8) is 0 Å². The van der Waals surface area contributed by atoms with E-state index in [-0.39, 0.29) is 6.54 Å². The molecule has 1 saturated heterocycles. The van der Waals surface area contributed by atoms with Gasteiger partial charge in [0.2, 0.25) is 0 Å². The van der Waals surface area contributed by atoms with E-state index >= 15 is 0 Å². The van der Waals surface area contributed by atoms with Gasteiger partial charge < -0.3 is 24.1 Å². The SMILES string of the molecule is CC(=O)OC1C(OC(C)=O)[C@H](O)OC(CN=[N+]=[N-])[C@H]1OC(C)=O. The molecule has 0 aliphatic carbocycles. The number of nitrogens with zero attached hydrogens (tertiary/aromatic N) is 3. The minimum Gasteiger partial charge on any atom is -0.456 e. The zero-order valence-electron chi connectivity index (χ0n) is 12.7. The molecule has 5 atom stereocenters. The van der Waals surface area contributed by atoms with Gasteiger partial charge in [0.1, 0.15) is 6.10 Å². The Balaban J connectivity index is 3.15. The lowest BCUT2D eigenvalue weighted by Crippen LogP contribution is -2.61. The first kappa shape index (κ1) is 18.7. The Morgan fingerprint density at radius 3 is 2.00 bits per heavy atom. The number of carbonyl (C=O) groups is 3. The standard InChI is InChI=1S/C12H17N3O8/c1-5(16)20-9-8(4-14-15-13)23-12(19)11(22-7(3)18)10(9)21-6(2)17/h8-12,19H,4H2,1-3H3/t8?,9-,10?,11?,12-/m1/s1. The molecule has 23 heavy (non-hydrogen) atoms. The quantitative estimate of drug-likeness (QED) is 0.239. The highest BCUT2D eigenvalue weighted by Crippen LogP contribution is 2.28. The van der Waals surface area contributed by atoms with Gasteiger partial charge in [0, 0.05) is 25.7 Å². The van der Waals surface area contributed by atoms with Gasteiger partial charge in [-0.15, -0.1) is 0 Å². The summed E-state index contributed by atoms with van der Waals surface area (Å²) in [5.41, 5.74) is 8.39. The van der Waals surface area contributed by atoms with Crippen molar-refractivity contribution in [3.05, 3.63) is 10.4 Å². The molecule has 3 unspecified atom stereocenters. The fraction of sp³-hybridized carbons (Fsp3) is 0.750. The monoisotopic (exact) mass is 331 g/mol. The first-order valence-corrected chi connectivity index (χ1v) is 6.62.